The molecule has 26 heavy (non-hydrogen) atoms. The first-order valence-electron chi connectivity index (χ1n) is 7.71. The number of rotatable bonds is 11. The van der Waals surface area contributed by atoms with E-state index in [1.54, 1.807) is 0 Å². The second kappa shape index (κ2) is 10.00. The molecule has 12 heteroatoms. The minimum Gasteiger partial charge on any atom is -0.393 e. The van der Waals surface area contributed by atoms with E-state index in [4.69, 9.17) is 11.5 Å². The number of carbonyl (C=O) groups is 4. The van der Waals surface area contributed by atoms with Crippen molar-refractivity contribution in [1.82, 2.24) is 16.0 Å². The summed E-state index contributed by atoms with van der Waals surface area (Å²) in [7, 11) is 1.33. The van der Waals surface area contributed by atoms with Crippen molar-refractivity contribution in [2.45, 2.75) is 42.7 Å². The molecule has 0 radical (unpaired) electrons. The predicted molar refractivity (Wildman–Crippen MR) is 103 cm³/mol. The van der Waals surface area contributed by atoms with Crippen LogP contribution in [-0.2, 0) is 19.2 Å². The molecule has 0 aliphatic rings. The van der Waals surface area contributed by atoms with Crippen LogP contribution in [0.4, 0.5) is 0 Å². The Bertz CT molecular complexity index is 558. The largest absolute Gasteiger partial charge is 0.393 e. The molecule has 0 saturated carbocycles. The van der Waals surface area contributed by atoms with Crippen LogP contribution in [0.15, 0.2) is 0 Å². The van der Waals surface area contributed by atoms with Crippen molar-refractivity contribution in [3.05, 3.63) is 0 Å². The van der Waals surface area contributed by atoms with Crippen LogP contribution in [0.2, 0.25) is 0 Å². The maximum atomic E-state index is 12.2. The Balaban J connectivity index is 5.26. The minimum atomic E-state index is -1.65. The lowest BCUT2D eigenvalue weighted by molar-refractivity contribution is -0.132. The molecule has 4 atom stereocenters. The van der Waals surface area contributed by atoms with E-state index in [0.717, 1.165) is 0 Å². The van der Waals surface area contributed by atoms with Gasteiger partial charge in [-0.3, -0.25) is 24.5 Å². The summed E-state index contributed by atoms with van der Waals surface area (Å²) < 4.78 is -1.65. The number of hydrogen-bond acceptors (Lipinski definition) is 8. The summed E-state index contributed by atoms with van der Waals surface area (Å²) in [6.45, 7) is 2.33. The number of nitrogens with one attached hydrogen (secondary N) is 3. The van der Waals surface area contributed by atoms with Gasteiger partial charge in [0.25, 0.3) is 0 Å². The quantitative estimate of drug-likeness (QED) is 0.168. The van der Waals surface area contributed by atoms with Gasteiger partial charge in [0.05, 0.1) is 12.6 Å². The van der Waals surface area contributed by atoms with E-state index in [9.17, 15) is 24.3 Å². The number of amides is 4. The number of aliphatic hydroxyl groups is 1. The highest BCUT2D eigenvalue weighted by Gasteiger charge is 2.42. The zero-order chi connectivity index (χ0) is 20.7. The lowest BCUT2D eigenvalue weighted by Crippen LogP contribution is -2.64. The molecule has 4 unspecified atom stereocenters. The number of aliphatic hydroxyl groups excluding tert-OH is 1. The highest BCUT2D eigenvalue weighted by molar-refractivity contribution is 7.82. The summed E-state index contributed by atoms with van der Waals surface area (Å²) in [6, 6.07) is -1.35. The molecular formula is C14H27N5O5S2. The smallest absolute Gasteiger partial charge is 0.244 e. The fourth-order valence-corrected chi connectivity index (χ4v) is 2.75. The lowest BCUT2D eigenvalue weighted by atomic mass is 9.93. The molecule has 0 aromatic carbocycles. The first-order valence-corrected chi connectivity index (χ1v) is 8.79. The summed E-state index contributed by atoms with van der Waals surface area (Å²) >= 11 is 8.14. The van der Waals surface area contributed by atoms with Gasteiger partial charge in [0.2, 0.25) is 23.6 Å². The van der Waals surface area contributed by atoms with E-state index in [1.165, 1.54) is 20.9 Å². The SMILES string of the molecule is CNC(=O)C(NC(=O)CNC(CS)(CC(C)O)C(N)=O)C(C)(S)C(N)=O. The number of primary amides is 2. The molecular weight excluding hydrogens is 382 g/mol. The van der Waals surface area contributed by atoms with E-state index in [-0.39, 0.29) is 12.2 Å². The molecule has 0 aliphatic carbocycles. The Morgan fingerprint density at radius 3 is 2.08 bits per heavy atom. The Hall–Kier alpha value is -1.50. The molecule has 0 fully saturated rings. The van der Waals surface area contributed by atoms with Crippen molar-refractivity contribution in [2.75, 3.05) is 19.3 Å². The minimum absolute atomic E-state index is 0.0645. The van der Waals surface area contributed by atoms with E-state index in [2.05, 4.69) is 41.2 Å². The van der Waals surface area contributed by atoms with Crippen LogP contribution in [0.5, 0.6) is 0 Å². The van der Waals surface area contributed by atoms with E-state index in [1.807, 2.05) is 0 Å². The Labute approximate surface area is 163 Å². The Morgan fingerprint density at radius 1 is 1.19 bits per heavy atom. The van der Waals surface area contributed by atoms with Gasteiger partial charge in [0, 0.05) is 19.2 Å². The van der Waals surface area contributed by atoms with Crippen molar-refractivity contribution in [1.29, 1.82) is 0 Å². The summed E-state index contributed by atoms with van der Waals surface area (Å²) in [5, 5.41) is 16.9. The standard InChI is InChI=1S/C14H27N5O5S2/c1-7(20)4-14(6-25,12(16)24)18-5-8(21)19-9(10(22)17-3)13(2,26)11(15)23/h7,9,18,20,25-26H,4-6H2,1-3H3,(H2,15,23)(H2,16,24)(H,17,22)(H,19,21). The predicted octanol–water partition coefficient (Wildman–Crippen LogP) is -3.09. The number of thiol groups is 2. The van der Waals surface area contributed by atoms with E-state index in [0.29, 0.717) is 0 Å². The molecule has 0 bridgehead atoms. The number of nitrogens with two attached hydrogens (primary N) is 2. The van der Waals surface area contributed by atoms with Crippen LogP contribution in [-0.4, -0.2) is 70.5 Å². The average molecular weight is 410 g/mol. The second-order valence-electron chi connectivity index (χ2n) is 6.14. The zero-order valence-corrected chi connectivity index (χ0v) is 16.7. The van der Waals surface area contributed by atoms with Crippen molar-refractivity contribution in [3.63, 3.8) is 0 Å². The second-order valence-corrected chi connectivity index (χ2v) is 7.38. The summed E-state index contributed by atoms with van der Waals surface area (Å²) in [5.74, 6) is -3.14. The van der Waals surface area contributed by atoms with Gasteiger partial charge in [-0.1, -0.05) is 0 Å². The number of hydrogen-bond donors (Lipinski definition) is 8. The highest BCUT2D eigenvalue weighted by Crippen LogP contribution is 2.19. The van der Waals surface area contributed by atoms with Crippen LogP contribution in [0, 0.1) is 0 Å². The summed E-state index contributed by atoms with van der Waals surface area (Å²) in [5.41, 5.74) is 9.18. The molecule has 150 valence electrons. The first kappa shape index (κ1) is 24.5. The normalized spacial score (nSPS) is 17.9. The molecule has 0 aromatic heterocycles. The van der Waals surface area contributed by atoms with Gasteiger partial charge in [0.15, 0.2) is 0 Å². The van der Waals surface area contributed by atoms with Gasteiger partial charge in [-0.2, -0.15) is 25.3 Å². The highest BCUT2D eigenvalue weighted by atomic mass is 32.1. The average Bonchev–Trinajstić information content (AvgIpc) is 2.54. The molecule has 8 N–H and O–H groups in total. The monoisotopic (exact) mass is 409 g/mol. The van der Waals surface area contributed by atoms with Gasteiger partial charge in [-0.15, -0.1) is 0 Å². The Morgan fingerprint density at radius 2 is 1.73 bits per heavy atom. The van der Waals surface area contributed by atoms with Crippen molar-refractivity contribution in [3.8, 4) is 0 Å². The van der Waals surface area contributed by atoms with Crippen LogP contribution < -0.4 is 27.4 Å². The van der Waals surface area contributed by atoms with Crippen LogP contribution in [0.3, 0.4) is 0 Å². The Kier molecular flexibility index (Phi) is 9.42. The van der Waals surface area contributed by atoms with E-state index < -0.39 is 52.6 Å². The molecule has 0 saturated heterocycles. The molecule has 0 aromatic rings. The zero-order valence-electron chi connectivity index (χ0n) is 14.9. The fraction of sp³-hybridized carbons (Fsp3) is 0.714. The van der Waals surface area contributed by atoms with Crippen LogP contribution in [0.25, 0.3) is 0 Å². The van der Waals surface area contributed by atoms with E-state index >= 15 is 0 Å². The molecule has 0 heterocycles. The summed E-state index contributed by atoms with van der Waals surface area (Å²) in [4.78, 5) is 47.5. The third-order valence-corrected chi connectivity index (χ3v) is 4.87. The molecule has 0 rings (SSSR count). The van der Waals surface area contributed by atoms with Gasteiger partial charge in [-0.05, 0) is 13.8 Å². The third-order valence-electron chi connectivity index (χ3n) is 3.85. The van der Waals surface area contributed by atoms with Crippen LogP contribution in [0.1, 0.15) is 20.3 Å². The van der Waals surface area contributed by atoms with Crippen molar-refractivity contribution < 1.29 is 24.3 Å². The maximum Gasteiger partial charge on any atom is 0.244 e. The van der Waals surface area contributed by atoms with Gasteiger partial charge in [0.1, 0.15) is 16.3 Å². The third kappa shape index (κ3) is 6.34. The van der Waals surface area contributed by atoms with Crippen molar-refractivity contribution >= 4 is 48.9 Å². The fourth-order valence-electron chi connectivity index (χ4n) is 2.17. The van der Waals surface area contributed by atoms with Gasteiger partial charge >= 0.3 is 0 Å². The first-order chi connectivity index (χ1) is 11.8. The maximum absolute atomic E-state index is 12.2. The van der Waals surface area contributed by atoms with Gasteiger partial charge in [-0.25, -0.2) is 0 Å². The molecule has 10 nitrogen and oxygen atoms in total. The molecule has 4 amide bonds. The summed E-state index contributed by atoms with van der Waals surface area (Å²) in [6.07, 6.45) is -0.941. The molecule has 0 spiro atoms. The number of likely N-dealkylation sites (N-methyl/N-ethyl adjacent to an activating group) is 1. The number of carbonyl (C=O) groups excluding carboxylic acids is 4. The van der Waals surface area contributed by atoms with Crippen molar-refractivity contribution in [2.24, 2.45) is 11.5 Å². The topological polar surface area (TPSA) is 177 Å². The van der Waals surface area contributed by atoms with Crippen LogP contribution >= 0.6 is 25.3 Å². The van der Waals surface area contributed by atoms with Gasteiger partial charge < -0.3 is 27.2 Å². The molecule has 0 aliphatic heterocycles. The lowest BCUT2D eigenvalue weighted by Gasteiger charge is -2.33.